The maximum Gasteiger partial charge on any atom is 0.252 e. The minimum atomic E-state index is -2.63. The normalized spacial score (nSPS) is 24.9. The molecule has 1 aromatic heterocycles. The molecule has 0 unspecified atom stereocenters. The molecule has 0 aromatic carbocycles. The highest BCUT2D eigenvalue weighted by Gasteiger charge is 2.56. The third-order valence-electron chi connectivity index (χ3n) is 2.10. The molecule has 3 nitrogen and oxygen atoms in total. The van der Waals surface area contributed by atoms with E-state index in [-0.39, 0.29) is 12.8 Å². The van der Waals surface area contributed by atoms with Gasteiger partial charge in [-0.2, -0.15) is 0 Å². The van der Waals surface area contributed by atoms with Gasteiger partial charge in [-0.1, -0.05) is 5.16 Å². The van der Waals surface area contributed by atoms with Gasteiger partial charge in [-0.15, -0.1) is 0 Å². The summed E-state index contributed by atoms with van der Waals surface area (Å²) < 4.78 is 29.5. The van der Waals surface area contributed by atoms with E-state index >= 15 is 0 Å². The third kappa shape index (κ3) is 1.01. The second kappa shape index (κ2) is 2.04. The first-order chi connectivity index (χ1) is 5.52. The molecule has 0 aliphatic heterocycles. The Balaban J connectivity index is 2.18. The van der Waals surface area contributed by atoms with Gasteiger partial charge >= 0.3 is 0 Å². The van der Waals surface area contributed by atoms with Crippen molar-refractivity contribution >= 4 is 0 Å². The fraction of sp³-hybridized carbons (Fsp3) is 0.571. The van der Waals surface area contributed by atoms with Crippen LogP contribution in [0.15, 0.2) is 16.9 Å². The van der Waals surface area contributed by atoms with Crippen molar-refractivity contribution in [2.75, 3.05) is 0 Å². The Hall–Kier alpha value is -0.970. The summed E-state index contributed by atoms with van der Waals surface area (Å²) in [5.74, 6) is -2.63. The zero-order valence-corrected chi connectivity index (χ0v) is 6.26. The second-order valence-corrected chi connectivity index (χ2v) is 3.25. The molecule has 1 aliphatic rings. The number of nitrogens with two attached hydrogens (primary N) is 1. The predicted molar refractivity (Wildman–Crippen MR) is 36.5 cm³/mol. The summed E-state index contributed by atoms with van der Waals surface area (Å²) in [4.78, 5) is 0. The molecule has 1 aromatic rings. The summed E-state index contributed by atoms with van der Waals surface area (Å²) in [7, 11) is 0. The topological polar surface area (TPSA) is 52.0 Å². The molecule has 1 saturated carbocycles. The number of rotatable bonds is 1. The number of nitrogens with zero attached hydrogens (tertiary/aromatic N) is 1. The minimum Gasteiger partial charge on any atom is -0.364 e. The van der Waals surface area contributed by atoms with Crippen LogP contribution in [0.2, 0.25) is 0 Å². The maximum absolute atomic E-state index is 12.5. The number of hydrogen-bond donors (Lipinski definition) is 1. The smallest absolute Gasteiger partial charge is 0.252 e. The van der Waals surface area contributed by atoms with Crippen molar-refractivity contribution < 1.29 is 13.3 Å². The summed E-state index contributed by atoms with van der Waals surface area (Å²) in [6, 6.07) is 1.52. The average Bonchev–Trinajstić information content (AvgIpc) is 2.31. The number of alkyl halides is 2. The van der Waals surface area contributed by atoms with Gasteiger partial charge in [0.25, 0.3) is 5.92 Å². The highest BCUT2D eigenvalue weighted by molar-refractivity contribution is 5.19. The van der Waals surface area contributed by atoms with Crippen LogP contribution in [-0.2, 0) is 5.54 Å². The van der Waals surface area contributed by atoms with E-state index in [2.05, 4.69) is 9.68 Å². The summed E-state index contributed by atoms with van der Waals surface area (Å²) in [5.41, 5.74) is 5.08. The molecule has 0 spiro atoms. The number of halogens is 2. The summed E-state index contributed by atoms with van der Waals surface area (Å²) in [5, 5.41) is 3.54. The van der Waals surface area contributed by atoms with Crippen molar-refractivity contribution in [3.63, 3.8) is 0 Å². The van der Waals surface area contributed by atoms with Crippen molar-refractivity contribution in [3.05, 3.63) is 18.0 Å². The standard InChI is InChI=1S/C7H8F2N2O/c8-7(9)3-6(10,4-7)5-1-2-12-11-5/h1-2H,3-4,10H2. The van der Waals surface area contributed by atoms with E-state index < -0.39 is 11.5 Å². The van der Waals surface area contributed by atoms with Gasteiger partial charge in [0.2, 0.25) is 0 Å². The molecule has 1 fully saturated rings. The minimum absolute atomic E-state index is 0.341. The monoisotopic (exact) mass is 174 g/mol. The molecule has 0 saturated heterocycles. The van der Waals surface area contributed by atoms with Gasteiger partial charge in [-0.3, -0.25) is 0 Å². The van der Waals surface area contributed by atoms with Gasteiger partial charge in [0.05, 0.1) is 5.54 Å². The van der Waals surface area contributed by atoms with Crippen LogP contribution in [0.4, 0.5) is 8.78 Å². The molecule has 0 radical (unpaired) electrons. The Bertz CT molecular complexity index is 276. The van der Waals surface area contributed by atoms with Crippen LogP contribution < -0.4 is 5.73 Å². The number of hydrogen-bond acceptors (Lipinski definition) is 3. The predicted octanol–water partition coefficient (Wildman–Crippen LogP) is 1.26. The lowest BCUT2D eigenvalue weighted by molar-refractivity contribution is -0.126. The summed E-state index contributed by atoms with van der Waals surface area (Å²) >= 11 is 0. The first-order valence-corrected chi connectivity index (χ1v) is 3.59. The largest absolute Gasteiger partial charge is 0.364 e. The first kappa shape index (κ1) is 7.67. The Morgan fingerprint density at radius 1 is 1.50 bits per heavy atom. The molecular formula is C7H8F2N2O. The van der Waals surface area contributed by atoms with Crippen LogP contribution >= 0.6 is 0 Å². The molecule has 1 heterocycles. The van der Waals surface area contributed by atoms with Crippen LogP contribution in [0.1, 0.15) is 18.5 Å². The maximum atomic E-state index is 12.5. The van der Waals surface area contributed by atoms with Gasteiger partial charge in [-0.25, -0.2) is 8.78 Å². The molecule has 0 bridgehead atoms. The Morgan fingerprint density at radius 3 is 2.58 bits per heavy atom. The van der Waals surface area contributed by atoms with E-state index in [0.717, 1.165) is 0 Å². The van der Waals surface area contributed by atoms with Crippen LogP contribution in [0.5, 0.6) is 0 Å². The van der Waals surface area contributed by atoms with Gasteiger partial charge in [-0.05, 0) is 0 Å². The van der Waals surface area contributed by atoms with Gasteiger partial charge < -0.3 is 10.3 Å². The van der Waals surface area contributed by atoms with Gasteiger partial charge in [0.1, 0.15) is 12.0 Å². The fourth-order valence-corrected chi connectivity index (χ4v) is 1.52. The van der Waals surface area contributed by atoms with Gasteiger partial charge in [0, 0.05) is 18.9 Å². The molecule has 0 atom stereocenters. The van der Waals surface area contributed by atoms with Gasteiger partial charge in [0.15, 0.2) is 0 Å². The highest BCUT2D eigenvalue weighted by Crippen LogP contribution is 2.49. The van der Waals surface area contributed by atoms with E-state index in [1.54, 1.807) is 0 Å². The molecule has 2 N–H and O–H groups in total. The molecule has 66 valence electrons. The third-order valence-corrected chi connectivity index (χ3v) is 2.10. The highest BCUT2D eigenvalue weighted by atomic mass is 19.3. The molecule has 2 rings (SSSR count). The summed E-state index contributed by atoms with van der Waals surface area (Å²) in [6.07, 6.45) is 0.652. The SMILES string of the molecule is NC1(c2ccon2)CC(F)(F)C1. The number of aromatic nitrogens is 1. The summed E-state index contributed by atoms with van der Waals surface area (Å²) in [6.45, 7) is 0. The van der Waals surface area contributed by atoms with Crippen molar-refractivity contribution in [2.45, 2.75) is 24.3 Å². The lowest BCUT2D eigenvalue weighted by Crippen LogP contribution is -2.55. The van der Waals surface area contributed by atoms with Crippen molar-refractivity contribution in [2.24, 2.45) is 5.73 Å². The van der Waals surface area contributed by atoms with E-state index in [1.807, 2.05) is 0 Å². The van der Waals surface area contributed by atoms with Crippen LogP contribution in [0.25, 0.3) is 0 Å². The molecular weight excluding hydrogens is 166 g/mol. The zero-order valence-electron chi connectivity index (χ0n) is 6.26. The van der Waals surface area contributed by atoms with Crippen LogP contribution in [-0.4, -0.2) is 11.1 Å². The lowest BCUT2D eigenvalue weighted by Gasteiger charge is -2.42. The Labute approximate surface area is 67.5 Å². The van der Waals surface area contributed by atoms with E-state index in [9.17, 15) is 8.78 Å². The van der Waals surface area contributed by atoms with Crippen LogP contribution in [0, 0.1) is 0 Å². The first-order valence-electron chi connectivity index (χ1n) is 3.59. The molecule has 12 heavy (non-hydrogen) atoms. The van der Waals surface area contributed by atoms with Crippen LogP contribution in [0.3, 0.4) is 0 Å². The Morgan fingerprint density at radius 2 is 2.17 bits per heavy atom. The Kier molecular flexibility index (Phi) is 1.30. The second-order valence-electron chi connectivity index (χ2n) is 3.25. The molecule has 5 heteroatoms. The lowest BCUT2D eigenvalue weighted by atomic mass is 9.72. The zero-order chi connectivity index (χ0) is 8.82. The molecule has 1 aliphatic carbocycles. The average molecular weight is 174 g/mol. The van der Waals surface area contributed by atoms with Crippen molar-refractivity contribution in [3.8, 4) is 0 Å². The molecule has 0 amide bonds. The van der Waals surface area contributed by atoms with E-state index in [0.29, 0.717) is 5.69 Å². The van der Waals surface area contributed by atoms with E-state index in [4.69, 9.17) is 5.73 Å². The van der Waals surface area contributed by atoms with Crippen molar-refractivity contribution in [1.29, 1.82) is 0 Å². The quantitative estimate of drug-likeness (QED) is 0.697. The van der Waals surface area contributed by atoms with Crippen molar-refractivity contribution in [1.82, 2.24) is 5.16 Å². The van der Waals surface area contributed by atoms with E-state index in [1.165, 1.54) is 12.3 Å². The fourth-order valence-electron chi connectivity index (χ4n) is 1.52.